The lowest BCUT2D eigenvalue weighted by Gasteiger charge is -2.26. The molecule has 1 aromatic carbocycles. The zero-order valence-corrected chi connectivity index (χ0v) is 16.2. The van der Waals surface area contributed by atoms with Crippen LogP contribution in [0.5, 0.6) is 0 Å². The first-order valence-corrected chi connectivity index (χ1v) is 10.2. The van der Waals surface area contributed by atoms with Crippen LogP contribution in [-0.2, 0) is 0 Å². The number of hydrogen-bond donors (Lipinski definition) is 1. The van der Waals surface area contributed by atoms with Crippen LogP contribution in [0.25, 0.3) is 0 Å². The maximum Gasteiger partial charge on any atom is 0.0540 e. The van der Waals surface area contributed by atoms with Gasteiger partial charge in [0, 0.05) is 0 Å². The summed E-state index contributed by atoms with van der Waals surface area (Å²) >= 11 is 0. The molecule has 0 radical (unpaired) electrons. The Morgan fingerprint density at radius 3 is 2.64 bits per heavy atom. The molecule has 0 heterocycles. The van der Waals surface area contributed by atoms with Gasteiger partial charge in [-0.2, -0.15) is 5.10 Å². The molecular weight excluding hydrogens is 304 g/mol. The van der Waals surface area contributed by atoms with Crippen molar-refractivity contribution >= 4 is 6.21 Å². The highest BCUT2D eigenvalue weighted by atomic mass is 15.3. The van der Waals surface area contributed by atoms with Crippen LogP contribution >= 0.6 is 0 Å². The Labute approximate surface area is 153 Å². The predicted octanol–water partition coefficient (Wildman–Crippen LogP) is 5.90. The van der Waals surface area contributed by atoms with Crippen LogP contribution in [0, 0.1) is 17.8 Å². The van der Waals surface area contributed by atoms with Gasteiger partial charge in [0.25, 0.3) is 0 Å². The van der Waals surface area contributed by atoms with Gasteiger partial charge >= 0.3 is 0 Å². The third-order valence-corrected chi connectivity index (χ3v) is 6.34. The van der Waals surface area contributed by atoms with E-state index in [1.807, 2.05) is 6.21 Å². The van der Waals surface area contributed by atoms with Crippen molar-refractivity contribution in [1.82, 2.24) is 5.43 Å². The highest BCUT2D eigenvalue weighted by molar-refractivity contribution is 5.79. The topological polar surface area (TPSA) is 24.4 Å². The lowest BCUT2D eigenvalue weighted by Crippen LogP contribution is -2.19. The lowest BCUT2D eigenvalue weighted by molar-refractivity contribution is 0.348. The molecule has 1 aromatic rings. The Balaban J connectivity index is 1.51. The van der Waals surface area contributed by atoms with Crippen molar-refractivity contribution in [3.05, 3.63) is 47.0 Å². The molecule has 2 heteroatoms. The van der Waals surface area contributed by atoms with Gasteiger partial charge in [-0.15, -0.1) is 0 Å². The molecule has 0 spiro atoms. The largest absolute Gasteiger partial charge is 0.306 e. The van der Waals surface area contributed by atoms with Gasteiger partial charge in [-0.05, 0) is 66.5 Å². The van der Waals surface area contributed by atoms with E-state index in [4.69, 9.17) is 0 Å². The summed E-state index contributed by atoms with van der Waals surface area (Å²) in [5.41, 5.74) is 7.46. The number of rotatable bonds is 5. The minimum absolute atomic E-state index is 0.744. The fourth-order valence-corrected chi connectivity index (χ4v) is 4.18. The minimum atomic E-state index is 0.744. The maximum atomic E-state index is 4.46. The molecule has 1 saturated carbocycles. The molecule has 2 aliphatic rings. The highest BCUT2D eigenvalue weighted by Gasteiger charge is 2.20. The number of nitrogens with zero attached hydrogens (tertiary/aromatic N) is 1. The summed E-state index contributed by atoms with van der Waals surface area (Å²) in [4.78, 5) is 0. The third kappa shape index (κ3) is 5.20. The Morgan fingerprint density at radius 2 is 1.88 bits per heavy atom. The number of nitrogens with one attached hydrogen (secondary N) is 1. The maximum absolute atomic E-state index is 4.46. The van der Waals surface area contributed by atoms with Crippen molar-refractivity contribution in [2.75, 3.05) is 6.54 Å². The SMILES string of the molecule is CC1CCC(c2cccc(/C=N/NCC3=CCC(C)C(C)C3)c2)CC1. The van der Waals surface area contributed by atoms with Crippen LogP contribution in [0.2, 0.25) is 0 Å². The molecular formula is C23H34N2. The normalized spacial score (nSPS) is 30.3. The average molecular weight is 339 g/mol. The van der Waals surface area contributed by atoms with E-state index in [1.165, 1.54) is 55.2 Å². The number of allylic oxidation sites excluding steroid dienone is 1. The van der Waals surface area contributed by atoms with E-state index in [1.54, 1.807) is 0 Å². The average Bonchev–Trinajstić information content (AvgIpc) is 2.62. The Morgan fingerprint density at radius 1 is 1.08 bits per heavy atom. The summed E-state index contributed by atoms with van der Waals surface area (Å²) in [6.07, 6.45) is 12.2. The molecule has 2 atom stereocenters. The van der Waals surface area contributed by atoms with E-state index in [0.717, 1.165) is 30.2 Å². The second kappa shape index (κ2) is 8.69. The second-order valence-electron chi connectivity index (χ2n) is 8.48. The Hall–Kier alpha value is -1.57. The molecule has 3 rings (SSSR count). The summed E-state index contributed by atoms with van der Waals surface area (Å²) in [6, 6.07) is 8.96. The molecule has 0 bridgehead atoms. The highest BCUT2D eigenvalue weighted by Crippen LogP contribution is 2.35. The van der Waals surface area contributed by atoms with Gasteiger partial charge in [-0.1, -0.05) is 63.5 Å². The van der Waals surface area contributed by atoms with Gasteiger partial charge in [0.05, 0.1) is 12.8 Å². The molecule has 2 nitrogen and oxygen atoms in total. The molecule has 0 aromatic heterocycles. The summed E-state index contributed by atoms with van der Waals surface area (Å²) in [7, 11) is 0. The van der Waals surface area contributed by atoms with Crippen LogP contribution in [0.15, 0.2) is 41.0 Å². The molecule has 0 aliphatic heterocycles. The molecule has 0 amide bonds. The zero-order valence-electron chi connectivity index (χ0n) is 16.2. The summed E-state index contributed by atoms with van der Waals surface area (Å²) in [5, 5.41) is 4.46. The molecule has 1 N–H and O–H groups in total. The quantitative estimate of drug-likeness (QED) is 0.404. The van der Waals surface area contributed by atoms with Gasteiger partial charge in [0.1, 0.15) is 0 Å². The van der Waals surface area contributed by atoms with Gasteiger partial charge in [0.2, 0.25) is 0 Å². The molecule has 2 unspecified atom stereocenters. The molecule has 136 valence electrons. The van der Waals surface area contributed by atoms with Crippen molar-refractivity contribution in [2.45, 2.75) is 65.2 Å². The first-order chi connectivity index (χ1) is 12.1. The predicted molar refractivity (Wildman–Crippen MR) is 108 cm³/mol. The van der Waals surface area contributed by atoms with Gasteiger partial charge < -0.3 is 5.43 Å². The fourth-order valence-electron chi connectivity index (χ4n) is 4.18. The minimum Gasteiger partial charge on any atom is -0.306 e. The van der Waals surface area contributed by atoms with Crippen LogP contribution in [0.4, 0.5) is 0 Å². The summed E-state index contributed by atoms with van der Waals surface area (Å²) in [6.45, 7) is 7.98. The standard InChI is InChI=1S/C23H34N2/c1-17-7-11-22(12-8-17)23-6-4-5-20(14-23)15-24-25-16-21-10-9-18(2)19(3)13-21/h4-6,10,14-15,17-19,22,25H,7-9,11-13,16H2,1-3H3/b24-15+. The number of hydrazone groups is 1. The van der Waals surface area contributed by atoms with Crippen molar-refractivity contribution in [2.24, 2.45) is 22.9 Å². The van der Waals surface area contributed by atoms with E-state index in [2.05, 4.69) is 61.6 Å². The lowest BCUT2D eigenvalue weighted by atomic mass is 9.79. The van der Waals surface area contributed by atoms with Crippen molar-refractivity contribution in [1.29, 1.82) is 0 Å². The van der Waals surface area contributed by atoms with Crippen molar-refractivity contribution in [3.8, 4) is 0 Å². The molecule has 2 aliphatic carbocycles. The van der Waals surface area contributed by atoms with E-state index in [0.29, 0.717) is 0 Å². The molecule has 1 fully saturated rings. The van der Waals surface area contributed by atoms with Crippen LogP contribution in [-0.4, -0.2) is 12.8 Å². The molecule has 25 heavy (non-hydrogen) atoms. The smallest absolute Gasteiger partial charge is 0.0540 e. The van der Waals surface area contributed by atoms with Gasteiger partial charge in [-0.25, -0.2) is 0 Å². The Bertz CT molecular complexity index is 608. The molecule has 0 saturated heterocycles. The monoisotopic (exact) mass is 338 g/mol. The van der Waals surface area contributed by atoms with Crippen molar-refractivity contribution in [3.63, 3.8) is 0 Å². The number of hydrogen-bond acceptors (Lipinski definition) is 2. The number of benzene rings is 1. The summed E-state index contributed by atoms with van der Waals surface area (Å²) < 4.78 is 0. The van der Waals surface area contributed by atoms with E-state index in [9.17, 15) is 0 Å². The van der Waals surface area contributed by atoms with E-state index >= 15 is 0 Å². The Kier molecular flexibility index (Phi) is 6.34. The first kappa shape index (κ1) is 18.2. The van der Waals surface area contributed by atoms with Gasteiger partial charge in [-0.3, -0.25) is 0 Å². The van der Waals surface area contributed by atoms with Crippen LogP contribution in [0.3, 0.4) is 0 Å². The third-order valence-electron chi connectivity index (χ3n) is 6.34. The van der Waals surface area contributed by atoms with Crippen LogP contribution < -0.4 is 5.43 Å². The van der Waals surface area contributed by atoms with E-state index < -0.39 is 0 Å². The summed E-state index contributed by atoms with van der Waals surface area (Å²) in [5.74, 6) is 3.26. The fraction of sp³-hybridized carbons (Fsp3) is 0.609. The van der Waals surface area contributed by atoms with Gasteiger partial charge in [0.15, 0.2) is 0 Å². The second-order valence-corrected chi connectivity index (χ2v) is 8.48. The zero-order chi connectivity index (χ0) is 17.6. The van der Waals surface area contributed by atoms with Crippen LogP contribution in [0.1, 0.15) is 76.3 Å². The van der Waals surface area contributed by atoms with E-state index in [-0.39, 0.29) is 0 Å². The van der Waals surface area contributed by atoms with Crippen molar-refractivity contribution < 1.29 is 0 Å². The first-order valence-electron chi connectivity index (χ1n) is 10.2.